The number of nitrogens with zero attached hydrogens (tertiary/aromatic N) is 3. The molecule has 59 heavy (non-hydrogen) atoms. The first-order chi connectivity index (χ1) is 29.2. The van der Waals surface area contributed by atoms with Crippen LogP contribution in [0.5, 0.6) is 0 Å². The Bertz CT molecular complexity index is 3520. The first kappa shape index (κ1) is 33.5. The Labute approximate surface area is 340 Å². The van der Waals surface area contributed by atoms with Crippen molar-refractivity contribution < 1.29 is 8.83 Å². The average molecular weight is 758 g/mol. The van der Waals surface area contributed by atoms with Gasteiger partial charge in [-0.3, -0.25) is 0 Å². The standard InChI is InChI=1S/C54H35N3O2/c1-32-36-16-6-5-15-34(36)25-27-37(32)52-55-53(57-54(56-52)45-22-11-21-43-41-19-9-10-23-47(41)59-51(43)45)44-29-28-40(38-17-7-8-18-39(38)44)42-20-12-24-49-50(42)46-31-35(26-30-48(46)58-49)33-13-3-2-4-14-33/h2-10,12-20,22-31H,11,21H2,1H3. The summed E-state index contributed by atoms with van der Waals surface area (Å²) in [5.41, 5.74) is 12.3. The maximum absolute atomic E-state index is 6.58. The fourth-order valence-corrected chi connectivity index (χ4v) is 9.21. The van der Waals surface area contributed by atoms with Crippen molar-refractivity contribution >= 4 is 60.0 Å². The van der Waals surface area contributed by atoms with Gasteiger partial charge < -0.3 is 8.83 Å². The topological polar surface area (TPSA) is 65.0 Å². The van der Waals surface area contributed by atoms with Crippen LogP contribution in [0.2, 0.25) is 0 Å². The van der Waals surface area contributed by atoms with Gasteiger partial charge in [0.25, 0.3) is 0 Å². The molecule has 5 heteroatoms. The van der Waals surface area contributed by atoms with Gasteiger partial charge in [0.15, 0.2) is 17.5 Å². The number of rotatable bonds is 5. The monoisotopic (exact) mass is 757 g/mol. The fourth-order valence-electron chi connectivity index (χ4n) is 9.21. The van der Waals surface area contributed by atoms with E-state index in [0.29, 0.717) is 17.5 Å². The fraction of sp³-hybridized carbons (Fsp3) is 0.0556. The normalized spacial score (nSPS) is 12.8. The quantitative estimate of drug-likeness (QED) is 0.175. The Morgan fingerprint density at radius 1 is 0.441 bits per heavy atom. The summed E-state index contributed by atoms with van der Waals surface area (Å²) in [4.78, 5) is 15.9. The molecule has 0 radical (unpaired) electrons. The van der Waals surface area contributed by atoms with Gasteiger partial charge in [0, 0.05) is 32.8 Å². The highest BCUT2D eigenvalue weighted by Crippen LogP contribution is 2.43. The van der Waals surface area contributed by atoms with E-state index in [2.05, 4.69) is 165 Å². The van der Waals surface area contributed by atoms with Gasteiger partial charge in [-0.15, -0.1) is 0 Å². The highest BCUT2D eigenvalue weighted by molar-refractivity contribution is 6.17. The second-order valence-corrected chi connectivity index (χ2v) is 15.4. The van der Waals surface area contributed by atoms with Crippen LogP contribution in [0.25, 0.3) is 105 Å². The average Bonchev–Trinajstić information content (AvgIpc) is 3.87. The molecule has 3 heterocycles. The molecule has 0 atom stereocenters. The van der Waals surface area contributed by atoms with E-state index in [9.17, 15) is 0 Å². The molecule has 0 saturated carbocycles. The summed E-state index contributed by atoms with van der Waals surface area (Å²) in [7, 11) is 0. The molecule has 278 valence electrons. The zero-order valence-electron chi connectivity index (χ0n) is 32.2. The number of aromatic nitrogens is 3. The van der Waals surface area contributed by atoms with Crippen molar-refractivity contribution in [3.8, 4) is 45.0 Å². The predicted molar refractivity (Wildman–Crippen MR) is 240 cm³/mol. The summed E-state index contributed by atoms with van der Waals surface area (Å²) < 4.78 is 13.1. The van der Waals surface area contributed by atoms with E-state index < -0.39 is 0 Å². The van der Waals surface area contributed by atoms with E-state index in [1.165, 1.54) is 21.9 Å². The van der Waals surface area contributed by atoms with Gasteiger partial charge in [0.05, 0.1) is 5.57 Å². The molecule has 0 aliphatic heterocycles. The van der Waals surface area contributed by atoms with E-state index in [4.69, 9.17) is 23.8 Å². The summed E-state index contributed by atoms with van der Waals surface area (Å²) in [6.45, 7) is 2.16. The molecule has 0 amide bonds. The third kappa shape index (κ3) is 5.35. The van der Waals surface area contributed by atoms with Gasteiger partial charge in [0.1, 0.15) is 22.5 Å². The predicted octanol–water partition coefficient (Wildman–Crippen LogP) is 14.2. The van der Waals surface area contributed by atoms with E-state index in [-0.39, 0.29) is 0 Å². The molecule has 8 aromatic carbocycles. The Kier molecular flexibility index (Phi) is 7.51. The number of benzene rings is 8. The lowest BCUT2D eigenvalue weighted by Gasteiger charge is -2.16. The van der Waals surface area contributed by atoms with Gasteiger partial charge in [0.2, 0.25) is 0 Å². The first-order valence-corrected chi connectivity index (χ1v) is 20.2. The minimum absolute atomic E-state index is 0.606. The van der Waals surface area contributed by atoms with E-state index in [0.717, 1.165) is 101 Å². The number of furan rings is 2. The lowest BCUT2D eigenvalue weighted by Crippen LogP contribution is -2.07. The lowest BCUT2D eigenvalue weighted by atomic mass is 9.91. The summed E-state index contributed by atoms with van der Waals surface area (Å²) in [5.74, 6) is 2.69. The molecule has 0 saturated heterocycles. The highest BCUT2D eigenvalue weighted by atomic mass is 16.3. The maximum Gasteiger partial charge on any atom is 0.167 e. The Hall–Kier alpha value is -7.63. The molecule has 12 rings (SSSR count). The van der Waals surface area contributed by atoms with Crippen molar-refractivity contribution in [2.45, 2.75) is 19.8 Å². The zero-order valence-corrected chi connectivity index (χ0v) is 32.2. The number of hydrogen-bond donors (Lipinski definition) is 0. The number of allylic oxidation sites excluding steroid dienone is 1. The Morgan fingerprint density at radius 2 is 1.10 bits per heavy atom. The van der Waals surface area contributed by atoms with Crippen molar-refractivity contribution in [1.82, 2.24) is 15.0 Å². The zero-order chi connectivity index (χ0) is 39.0. The first-order valence-electron chi connectivity index (χ1n) is 20.2. The number of hydrogen-bond acceptors (Lipinski definition) is 5. The smallest absolute Gasteiger partial charge is 0.167 e. The van der Waals surface area contributed by atoms with E-state index >= 15 is 0 Å². The summed E-state index contributed by atoms with van der Waals surface area (Å²) in [6.07, 6.45) is 4.00. The van der Waals surface area contributed by atoms with Gasteiger partial charge in [-0.2, -0.15) is 0 Å². The van der Waals surface area contributed by atoms with Gasteiger partial charge in [-0.05, 0) is 99.5 Å². The molecule has 1 aliphatic carbocycles. The van der Waals surface area contributed by atoms with Gasteiger partial charge >= 0.3 is 0 Å². The van der Waals surface area contributed by atoms with Crippen LogP contribution in [-0.2, 0) is 6.42 Å². The van der Waals surface area contributed by atoms with Crippen LogP contribution in [0.1, 0.15) is 29.1 Å². The molecule has 0 spiro atoms. The van der Waals surface area contributed by atoms with Gasteiger partial charge in [-0.25, -0.2) is 15.0 Å². The third-order valence-corrected chi connectivity index (χ3v) is 12.1. The largest absolute Gasteiger partial charge is 0.456 e. The van der Waals surface area contributed by atoms with Crippen molar-refractivity contribution in [3.05, 3.63) is 193 Å². The van der Waals surface area contributed by atoms with Crippen LogP contribution < -0.4 is 0 Å². The highest BCUT2D eigenvalue weighted by Gasteiger charge is 2.26. The van der Waals surface area contributed by atoms with E-state index in [1.54, 1.807) is 0 Å². The van der Waals surface area contributed by atoms with Crippen LogP contribution in [0, 0.1) is 6.92 Å². The van der Waals surface area contributed by atoms with Crippen LogP contribution >= 0.6 is 0 Å². The molecule has 0 N–H and O–H groups in total. The minimum atomic E-state index is 0.606. The summed E-state index contributed by atoms with van der Waals surface area (Å²) >= 11 is 0. The molecule has 0 fully saturated rings. The molecule has 0 unspecified atom stereocenters. The molecule has 5 nitrogen and oxygen atoms in total. The van der Waals surface area contributed by atoms with E-state index in [1.807, 2.05) is 12.1 Å². The molecule has 1 aliphatic rings. The number of aryl methyl sites for hydroxylation is 2. The van der Waals surface area contributed by atoms with Gasteiger partial charge in [-0.1, -0.05) is 140 Å². The molecular weight excluding hydrogens is 723 g/mol. The third-order valence-electron chi connectivity index (χ3n) is 12.1. The summed E-state index contributed by atoms with van der Waals surface area (Å²) in [6, 6.07) is 57.4. The van der Waals surface area contributed by atoms with Crippen LogP contribution in [0.15, 0.2) is 179 Å². The second-order valence-electron chi connectivity index (χ2n) is 15.4. The maximum atomic E-state index is 6.58. The van der Waals surface area contributed by atoms with Crippen molar-refractivity contribution in [2.75, 3.05) is 0 Å². The van der Waals surface area contributed by atoms with Crippen LogP contribution in [0.4, 0.5) is 0 Å². The van der Waals surface area contributed by atoms with Crippen LogP contribution in [-0.4, -0.2) is 15.0 Å². The van der Waals surface area contributed by atoms with Crippen molar-refractivity contribution in [2.24, 2.45) is 0 Å². The SMILES string of the molecule is Cc1c(-c2nc(C3=CCCc4c3oc3ccccc43)nc(-c3ccc(-c4cccc5oc6ccc(-c7ccccc7)cc6c45)c4ccccc34)n2)ccc2ccccc12. The molecular formula is C54H35N3O2. The molecule has 3 aromatic heterocycles. The molecule has 11 aromatic rings. The van der Waals surface area contributed by atoms with Crippen LogP contribution in [0.3, 0.4) is 0 Å². The van der Waals surface area contributed by atoms with Crippen molar-refractivity contribution in [1.29, 1.82) is 0 Å². The van der Waals surface area contributed by atoms with Crippen molar-refractivity contribution in [3.63, 3.8) is 0 Å². The number of para-hydroxylation sites is 1. The Balaban J connectivity index is 1.07. The number of fused-ring (bicyclic) bond motifs is 8. The Morgan fingerprint density at radius 3 is 1.97 bits per heavy atom. The molecule has 0 bridgehead atoms. The second kappa shape index (κ2) is 13.2. The lowest BCUT2D eigenvalue weighted by molar-refractivity contribution is 0.590. The minimum Gasteiger partial charge on any atom is -0.456 e. The summed E-state index contributed by atoms with van der Waals surface area (Å²) in [5, 5.41) is 7.85.